The Bertz CT molecular complexity index is 496. The van der Waals surface area contributed by atoms with Crippen molar-refractivity contribution in [2.75, 3.05) is 11.1 Å². The van der Waals surface area contributed by atoms with Crippen molar-refractivity contribution < 1.29 is 0 Å². The molecule has 0 unspecified atom stereocenters. The number of hydrogen-bond acceptors (Lipinski definition) is 4. The van der Waals surface area contributed by atoms with Gasteiger partial charge in [0, 0.05) is 0 Å². The van der Waals surface area contributed by atoms with Crippen LogP contribution >= 0.6 is 11.6 Å². The average Bonchev–Trinajstić information content (AvgIpc) is 2.25. The van der Waals surface area contributed by atoms with Crippen molar-refractivity contribution in [1.82, 2.24) is 10.2 Å². The van der Waals surface area contributed by atoms with Crippen molar-refractivity contribution in [3.05, 3.63) is 40.9 Å². The lowest BCUT2D eigenvalue weighted by atomic mass is 10.2. The molecular formula is C11H11ClN4. The van der Waals surface area contributed by atoms with E-state index in [1.807, 2.05) is 25.1 Å². The van der Waals surface area contributed by atoms with E-state index >= 15 is 0 Å². The van der Waals surface area contributed by atoms with Gasteiger partial charge in [0.2, 0.25) is 0 Å². The summed E-state index contributed by atoms with van der Waals surface area (Å²) in [5.41, 5.74) is 7.35. The minimum atomic E-state index is 0.389. The highest BCUT2D eigenvalue weighted by atomic mass is 35.5. The van der Waals surface area contributed by atoms with Crippen LogP contribution in [0.25, 0.3) is 0 Å². The van der Waals surface area contributed by atoms with Crippen LogP contribution in [0.3, 0.4) is 0 Å². The minimum absolute atomic E-state index is 0.389. The number of halogens is 1. The molecule has 5 heteroatoms. The topological polar surface area (TPSA) is 63.8 Å². The molecule has 1 aromatic carbocycles. The first-order valence-electron chi connectivity index (χ1n) is 4.77. The Morgan fingerprint density at radius 2 is 2.00 bits per heavy atom. The summed E-state index contributed by atoms with van der Waals surface area (Å²) in [5.74, 6) is 1.00. The lowest BCUT2D eigenvalue weighted by Gasteiger charge is -2.07. The number of hydrogen-bond donors (Lipinski definition) is 2. The van der Waals surface area contributed by atoms with E-state index in [4.69, 9.17) is 17.3 Å². The SMILES string of the molecule is Cc1ccc(Nc2ccc(N)nn2)c(Cl)c1. The smallest absolute Gasteiger partial charge is 0.153 e. The van der Waals surface area contributed by atoms with Gasteiger partial charge >= 0.3 is 0 Å². The first kappa shape index (κ1) is 10.7. The maximum absolute atomic E-state index is 6.08. The molecule has 1 heterocycles. The van der Waals surface area contributed by atoms with Crippen molar-refractivity contribution >= 4 is 28.9 Å². The molecule has 82 valence electrons. The molecule has 3 N–H and O–H groups in total. The summed E-state index contributed by atoms with van der Waals surface area (Å²) in [5, 5.41) is 11.4. The van der Waals surface area contributed by atoms with E-state index < -0.39 is 0 Å². The van der Waals surface area contributed by atoms with E-state index in [2.05, 4.69) is 15.5 Å². The van der Waals surface area contributed by atoms with Crippen molar-refractivity contribution in [1.29, 1.82) is 0 Å². The van der Waals surface area contributed by atoms with Crippen LogP contribution in [0.5, 0.6) is 0 Å². The van der Waals surface area contributed by atoms with E-state index in [0.29, 0.717) is 16.7 Å². The van der Waals surface area contributed by atoms with Gasteiger partial charge in [-0.25, -0.2) is 0 Å². The average molecular weight is 235 g/mol. The summed E-state index contributed by atoms with van der Waals surface area (Å²) in [6.45, 7) is 1.98. The molecular weight excluding hydrogens is 224 g/mol. The largest absolute Gasteiger partial charge is 0.382 e. The number of benzene rings is 1. The first-order chi connectivity index (χ1) is 7.65. The second-order valence-corrected chi connectivity index (χ2v) is 3.86. The van der Waals surface area contributed by atoms with E-state index in [1.165, 1.54) is 0 Å². The van der Waals surface area contributed by atoms with Gasteiger partial charge in [-0.2, -0.15) is 0 Å². The standard InChI is InChI=1S/C11H11ClN4/c1-7-2-3-9(8(12)6-7)14-11-5-4-10(13)15-16-11/h2-6H,1H3,(H2,13,15)(H,14,16). The van der Waals surface area contributed by atoms with Crippen LogP contribution < -0.4 is 11.1 Å². The Morgan fingerprint density at radius 1 is 1.19 bits per heavy atom. The molecule has 0 fully saturated rings. The van der Waals surface area contributed by atoms with Crippen LogP contribution in [0.2, 0.25) is 5.02 Å². The Hall–Kier alpha value is -1.81. The van der Waals surface area contributed by atoms with Gasteiger partial charge in [0.25, 0.3) is 0 Å². The van der Waals surface area contributed by atoms with Crippen LogP contribution in [0.1, 0.15) is 5.56 Å². The van der Waals surface area contributed by atoms with Crippen molar-refractivity contribution in [3.8, 4) is 0 Å². The third-order valence-electron chi connectivity index (χ3n) is 2.07. The number of nitrogens with zero attached hydrogens (tertiary/aromatic N) is 2. The van der Waals surface area contributed by atoms with Crippen LogP contribution in [-0.2, 0) is 0 Å². The van der Waals surface area contributed by atoms with E-state index in [9.17, 15) is 0 Å². The van der Waals surface area contributed by atoms with Crippen LogP contribution in [-0.4, -0.2) is 10.2 Å². The molecule has 2 aromatic rings. The highest BCUT2D eigenvalue weighted by Crippen LogP contribution is 2.25. The molecule has 0 saturated heterocycles. The van der Waals surface area contributed by atoms with Gasteiger partial charge in [-0.15, -0.1) is 10.2 Å². The van der Waals surface area contributed by atoms with Crippen molar-refractivity contribution in [3.63, 3.8) is 0 Å². The molecule has 0 amide bonds. The summed E-state index contributed by atoms with van der Waals surface area (Å²) in [6, 6.07) is 9.18. The summed E-state index contributed by atoms with van der Waals surface area (Å²) in [4.78, 5) is 0. The first-order valence-corrected chi connectivity index (χ1v) is 5.15. The van der Waals surface area contributed by atoms with Crippen molar-refractivity contribution in [2.45, 2.75) is 6.92 Å². The number of rotatable bonds is 2. The summed E-state index contributed by atoms with van der Waals surface area (Å²) in [6.07, 6.45) is 0. The fraction of sp³-hybridized carbons (Fsp3) is 0.0909. The third-order valence-corrected chi connectivity index (χ3v) is 2.39. The lowest BCUT2D eigenvalue weighted by molar-refractivity contribution is 1.05. The zero-order valence-corrected chi connectivity index (χ0v) is 9.49. The zero-order chi connectivity index (χ0) is 11.5. The molecule has 0 radical (unpaired) electrons. The number of nitrogens with one attached hydrogen (secondary N) is 1. The third kappa shape index (κ3) is 2.41. The minimum Gasteiger partial charge on any atom is -0.382 e. The fourth-order valence-corrected chi connectivity index (χ4v) is 1.55. The Morgan fingerprint density at radius 3 is 2.62 bits per heavy atom. The van der Waals surface area contributed by atoms with Gasteiger partial charge < -0.3 is 11.1 Å². The molecule has 0 aliphatic heterocycles. The highest BCUT2D eigenvalue weighted by molar-refractivity contribution is 6.33. The van der Waals surface area contributed by atoms with Gasteiger partial charge in [0.1, 0.15) is 5.82 Å². The van der Waals surface area contributed by atoms with Crippen LogP contribution in [0.4, 0.5) is 17.3 Å². The molecule has 16 heavy (non-hydrogen) atoms. The zero-order valence-electron chi connectivity index (χ0n) is 8.74. The summed E-state index contributed by atoms with van der Waals surface area (Å²) >= 11 is 6.08. The molecule has 2 rings (SSSR count). The molecule has 0 aliphatic rings. The Labute approximate surface area is 98.5 Å². The predicted octanol–water partition coefficient (Wildman–Crippen LogP) is 2.76. The number of aromatic nitrogens is 2. The van der Waals surface area contributed by atoms with Crippen molar-refractivity contribution in [2.24, 2.45) is 0 Å². The van der Waals surface area contributed by atoms with Gasteiger partial charge in [0.15, 0.2) is 5.82 Å². The fourth-order valence-electron chi connectivity index (χ4n) is 1.27. The number of nitrogens with two attached hydrogens (primary N) is 1. The summed E-state index contributed by atoms with van der Waals surface area (Å²) in [7, 11) is 0. The van der Waals surface area contributed by atoms with E-state index in [-0.39, 0.29) is 0 Å². The Kier molecular flexibility index (Phi) is 2.92. The quantitative estimate of drug-likeness (QED) is 0.839. The monoisotopic (exact) mass is 234 g/mol. The summed E-state index contributed by atoms with van der Waals surface area (Å²) < 4.78 is 0. The molecule has 0 bridgehead atoms. The van der Waals surface area contributed by atoms with Crippen LogP contribution in [0, 0.1) is 6.92 Å². The molecule has 0 saturated carbocycles. The van der Waals surface area contributed by atoms with Gasteiger partial charge in [-0.1, -0.05) is 17.7 Å². The van der Waals surface area contributed by atoms with E-state index in [1.54, 1.807) is 12.1 Å². The number of nitrogen functional groups attached to an aromatic ring is 1. The second kappa shape index (κ2) is 4.37. The highest BCUT2D eigenvalue weighted by Gasteiger charge is 2.01. The maximum atomic E-state index is 6.08. The van der Waals surface area contributed by atoms with Gasteiger partial charge in [-0.05, 0) is 36.8 Å². The Balaban J connectivity index is 2.23. The molecule has 0 atom stereocenters. The number of aryl methyl sites for hydroxylation is 1. The predicted molar refractivity (Wildman–Crippen MR) is 65.9 cm³/mol. The lowest BCUT2D eigenvalue weighted by Crippen LogP contribution is -1.98. The van der Waals surface area contributed by atoms with Crippen LogP contribution in [0.15, 0.2) is 30.3 Å². The molecule has 0 spiro atoms. The molecule has 1 aromatic heterocycles. The van der Waals surface area contributed by atoms with Gasteiger partial charge in [-0.3, -0.25) is 0 Å². The van der Waals surface area contributed by atoms with Gasteiger partial charge in [0.05, 0.1) is 10.7 Å². The normalized spacial score (nSPS) is 10.1. The molecule has 0 aliphatic carbocycles. The number of anilines is 3. The van der Waals surface area contributed by atoms with E-state index in [0.717, 1.165) is 11.3 Å². The maximum Gasteiger partial charge on any atom is 0.153 e. The second-order valence-electron chi connectivity index (χ2n) is 3.45. The molecule has 4 nitrogen and oxygen atoms in total.